The first-order valence-electron chi connectivity index (χ1n) is 6.29. The highest BCUT2D eigenvalue weighted by Crippen LogP contribution is 2.31. The molecular formula is C15H14N2O2S. The van der Waals surface area contributed by atoms with Crippen molar-refractivity contribution < 1.29 is 5.11 Å². The van der Waals surface area contributed by atoms with E-state index in [1.54, 1.807) is 0 Å². The maximum absolute atomic E-state index is 12.2. The van der Waals surface area contributed by atoms with Crippen LogP contribution in [0.1, 0.15) is 17.0 Å². The summed E-state index contributed by atoms with van der Waals surface area (Å²) in [7, 11) is 0. The van der Waals surface area contributed by atoms with Crippen LogP contribution in [-0.2, 0) is 6.61 Å². The molecule has 20 heavy (non-hydrogen) atoms. The third-order valence-corrected chi connectivity index (χ3v) is 4.33. The van der Waals surface area contributed by atoms with E-state index < -0.39 is 0 Å². The van der Waals surface area contributed by atoms with Gasteiger partial charge in [-0.25, -0.2) is 4.98 Å². The van der Waals surface area contributed by atoms with Crippen LogP contribution in [0.2, 0.25) is 0 Å². The van der Waals surface area contributed by atoms with Crippen LogP contribution in [0.5, 0.6) is 0 Å². The van der Waals surface area contributed by atoms with Crippen molar-refractivity contribution in [1.82, 2.24) is 9.97 Å². The quantitative estimate of drug-likeness (QED) is 0.761. The predicted octanol–water partition coefficient (Wildman–Crippen LogP) is 2.76. The summed E-state index contributed by atoms with van der Waals surface area (Å²) in [6.45, 7) is 3.86. The van der Waals surface area contributed by atoms with Crippen LogP contribution in [0.15, 0.2) is 28.4 Å². The summed E-state index contributed by atoms with van der Waals surface area (Å²) in [5, 5.41) is 11.6. The van der Waals surface area contributed by atoms with Gasteiger partial charge in [-0.15, -0.1) is 11.3 Å². The number of H-pyrrole nitrogens is 1. The lowest BCUT2D eigenvalue weighted by Crippen LogP contribution is -2.11. The van der Waals surface area contributed by atoms with E-state index in [9.17, 15) is 4.79 Å². The summed E-state index contributed by atoms with van der Waals surface area (Å²) < 4.78 is 0. The molecule has 5 heteroatoms. The molecular weight excluding hydrogens is 272 g/mol. The largest absolute Gasteiger partial charge is 0.388 e. The van der Waals surface area contributed by atoms with Crippen LogP contribution in [0, 0.1) is 13.8 Å². The Kier molecular flexibility index (Phi) is 3.16. The molecule has 2 N–H and O–H groups in total. The molecule has 0 saturated heterocycles. The summed E-state index contributed by atoms with van der Waals surface area (Å²) in [5.74, 6) is 0.302. The minimum absolute atomic E-state index is 0.200. The number of nitrogens with zero attached hydrogens (tertiary/aromatic N) is 1. The summed E-state index contributed by atoms with van der Waals surface area (Å²) in [5.41, 5.74) is 4.13. The summed E-state index contributed by atoms with van der Waals surface area (Å²) in [4.78, 5) is 19.7. The van der Waals surface area contributed by atoms with Crippen molar-refractivity contribution in [3.8, 4) is 11.1 Å². The summed E-state index contributed by atoms with van der Waals surface area (Å²) >= 11 is 1.42. The minimum Gasteiger partial charge on any atom is -0.388 e. The lowest BCUT2D eigenvalue weighted by atomic mass is 10.0. The third kappa shape index (κ3) is 2.05. The Balaban J connectivity index is 2.27. The van der Waals surface area contributed by atoms with Crippen LogP contribution >= 0.6 is 11.3 Å². The third-order valence-electron chi connectivity index (χ3n) is 3.46. The van der Waals surface area contributed by atoms with E-state index in [1.807, 2.05) is 11.4 Å². The van der Waals surface area contributed by atoms with Crippen molar-refractivity contribution >= 4 is 21.6 Å². The van der Waals surface area contributed by atoms with Crippen LogP contribution in [0.3, 0.4) is 0 Å². The molecule has 0 atom stereocenters. The molecule has 0 aliphatic carbocycles. The SMILES string of the molecule is Cc1ccc(-c2csc3nc(CO)[nH]c(=O)c23)cc1C. The maximum Gasteiger partial charge on any atom is 0.260 e. The van der Waals surface area contributed by atoms with Gasteiger partial charge in [-0.2, -0.15) is 0 Å². The molecule has 0 aliphatic rings. The van der Waals surface area contributed by atoms with Crippen molar-refractivity contribution in [3.63, 3.8) is 0 Å². The van der Waals surface area contributed by atoms with Crippen molar-refractivity contribution in [2.24, 2.45) is 0 Å². The molecule has 3 aromatic rings. The zero-order chi connectivity index (χ0) is 14.3. The highest BCUT2D eigenvalue weighted by molar-refractivity contribution is 7.17. The Morgan fingerprint density at radius 3 is 2.80 bits per heavy atom. The topological polar surface area (TPSA) is 66.0 Å². The number of nitrogens with one attached hydrogen (secondary N) is 1. The number of aliphatic hydroxyl groups excluding tert-OH is 1. The normalized spacial score (nSPS) is 11.2. The molecule has 0 aliphatic heterocycles. The molecule has 0 radical (unpaired) electrons. The Morgan fingerprint density at radius 1 is 1.30 bits per heavy atom. The number of hydrogen-bond acceptors (Lipinski definition) is 4. The first-order valence-corrected chi connectivity index (χ1v) is 7.17. The molecule has 2 aromatic heterocycles. The van der Waals surface area contributed by atoms with Gasteiger partial charge in [0.05, 0.1) is 5.39 Å². The zero-order valence-electron chi connectivity index (χ0n) is 11.2. The predicted molar refractivity (Wildman–Crippen MR) is 81.1 cm³/mol. The number of fused-ring (bicyclic) bond motifs is 1. The highest BCUT2D eigenvalue weighted by Gasteiger charge is 2.13. The van der Waals surface area contributed by atoms with Gasteiger partial charge in [0.15, 0.2) is 0 Å². The van der Waals surface area contributed by atoms with Crippen molar-refractivity contribution in [3.05, 3.63) is 50.9 Å². The van der Waals surface area contributed by atoms with Gasteiger partial charge >= 0.3 is 0 Å². The average molecular weight is 286 g/mol. The molecule has 0 bridgehead atoms. The van der Waals surface area contributed by atoms with Gasteiger partial charge < -0.3 is 10.1 Å². The van der Waals surface area contributed by atoms with Gasteiger partial charge in [0.25, 0.3) is 5.56 Å². The van der Waals surface area contributed by atoms with Gasteiger partial charge in [0, 0.05) is 10.9 Å². The second kappa shape index (κ2) is 4.85. The fourth-order valence-corrected chi connectivity index (χ4v) is 3.16. The molecule has 102 valence electrons. The lowest BCUT2D eigenvalue weighted by Gasteiger charge is -2.04. The highest BCUT2D eigenvalue weighted by atomic mass is 32.1. The molecule has 0 amide bonds. The van der Waals surface area contributed by atoms with Crippen LogP contribution in [-0.4, -0.2) is 15.1 Å². The molecule has 2 heterocycles. The average Bonchev–Trinajstić information content (AvgIpc) is 2.86. The van der Waals surface area contributed by atoms with Crippen LogP contribution in [0.4, 0.5) is 0 Å². The zero-order valence-corrected chi connectivity index (χ0v) is 12.0. The smallest absolute Gasteiger partial charge is 0.260 e. The second-order valence-electron chi connectivity index (χ2n) is 4.80. The van der Waals surface area contributed by atoms with Gasteiger partial charge in [-0.1, -0.05) is 18.2 Å². The monoisotopic (exact) mass is 286 g/mol. The number of hydrogen-bond donors (Lipinski definition) is 2. The van der Waals surface area contributed by atoms with E-state index in [-0.39, 0.29) is 12.2 Å². The van der Waals surface area contributed by atoms with Crippen molar-refractivity contribution in [2.75, 3.05) is 0 Å². The molecule has 0 spiro atoms. The molecule has 0 unspecified atom stereocenters. The van der Waals surface area contributed by atoms with Gasteiger partial charge in [-0.05, 0) is 30.5 Å². The van der Waals surface area contributed by atoms with E-state index in [1.165, 1.54) is 22.5 Å². The van der Waals surface area contributed by atoms with E-state index in [0.29, 0.717) is 16.0 Å². The number of aryl methyl sites for hydroxylation is 2. The van der Waals surface area contributed by atoms with E-state index >= 15 is 0 Å². The van der Waals surface area contributed by atoms with Crippen molar-refractivity contribution in [1.29, 1.82) is 0 Å². The minimum atomic E-state index is -0.262. The number of benzene rings is 1. The van der Waals surface area contributed by atoms with E-state index in [0.717, 1.165) is 11.1 Å². The summed E-state index contributed by atoms with van der Waals surface area (Å²) in [6, 6.07) is 6.15. The lowest BCUT2D eigenvalue weighted by molar-refractivity contribution is 0.271. The molecule has 1 aromatic carbocycles. The number of rotatable bonds is 2. The number of aliphatic hydroxyl groups is 1. The number of aromatic amines is 1. The standard InChI is InChI=1S/C15H14N2O2S/c1-8-3-4-10(5-9(8)2)11-7-20-15-13(11)14(19)16-12(6-18)17-15/h3-5,7,18H,6H2,1-2H3,(H,16,17,19). The Morgan fingerprint density at radius 2 is 2.10 bits per heavy atom. The molecule has 4 nitrogen and oxygen atoms in total. The van der Waals surface area contributed by atoms with Gasteiger partial charge in [0.1, 0.15) is 17.3 Å². The first-order chi connectivity index (χ1) is 9.60. The molecule has 0 fully saturated rings. The number of thiophene rings is 1. The molecule has 0 saturated carbocycles. The Bertz CT molecular complexity index is 849. The fraction of sp³-hybridized carbons (Fsp3) is 0.200. The van der Waals surface area contributed by atoms with Crippen LogP contribution in [0.25, 0.3) is 21.3 Å². The Hall–Kier alpha value is -1.98. The number of aromatic nitrogens is 2. The van der Waals surface area contributed by atoms with Gasteiger partial charge in [-0.3, -0.25) is 4.79 Å². The van der Waals surface area contributed by atoms with Crippen molar-refractivity contribution in [2.45, 2.75) is 20.5 Å². The Labute approximate surface area is 119 Å². The van der Waals surface area contributed by atoms with E-state index in [2.05, 4.69) is 35.9 Å². The first kappa shape index (κ1) is 13.0. The summed E-state index contributed by atoms with van der Waals surface area (Å²) in [6.07, 6.45) is 0. The second-order valence-corrected chi connectivity index (χ2v) is 5.66. The fourth-order valence-electron chi connectivity index (χ4n) is 2.19. The van der Waals surface area contributed by atoms with Gasteiger partial charge in [0.2, 0.25) is 0 Å². The van der Waals surface area contributed by atoms with E-state index in [4.69, 9.17) is 5.11 Å². The maximum atomic E-state index is 12.2. The molecule has 3 rings (SSSR count). The van der Waals surface area contributed by atoms with Crippen LogP contribution < -0.4 is 5.56 Å².